The summed E-state index contributed by atoms with van der Waals surface area (Å²) in [7, 11) is -19.4. The molecular weight excluding hydrogens is 847 g/mol. The minimum atomic E-state index is -4.84. The molecule has 1 saturated heterocycles. The van der Waals surface area contributed by atoms with Crippen LogP contribution in [-0.4, -0.2) is 93.0 Å². The number of aromatic nitrogens is 3. The fourth-order valence-electron chi connectivity index (χ4n) is 5.02. The molecule has 4 aromatic carbocycles. The van der Waals surface area contributed by atoms with Gasteiger partial charge in [-0.1, -0.05) is 0 Å². The molecule has 1 fully saturated rings. The number of piperazine rings is 1. The molecule has 304 valence electrons. The molecule has 58 heavy (non-hydrogen) atoms. The van der Waals surface area contributed by atoms with Crippen molar-refractivity contribution in [3.63, 3.8) is 0 Å². The molecule has 0 atom stereocenters. The zero-order valence-electron chi connectivity index (χ0n) is 29.2. The molecule has 2 heterocycles. The number of azo groups is 2. The molecule has 0 saturated carbocycles. The summed E-state index contributed by atoms with van der Waals surface area (Å²) >= 11 is 0. The third-order valence-electron chi connectivity index (χ3n) is 7.75. The minimum absolute atomic E-state index is 0.155. The SMILES string of the molecule is O=S(=O)(O)c1cc(N=Nc2ccc(Nc3nc(Nc4ccc(N=Nc5cc(S(=O)(=O)O)cc(S(=O)(=O)O)c5)cc4)nc(N4CCNCC4)n3)cc2)cc(S(=O)(=O)O)c1. The average Bonchev–Trinajstić information content (AvgIpc) is 3.16. The quantitative estimate of drug-likeness (QED) is 0.0628. The molecule has 1 aromatic heterocycles. The Hall–Kier alpha value is -5.91. The number of hydrogen-bond acceptors (Lipinski definition) is 19. The highest BCUT2D eigenvalue weighted by Crippen LogP contribution is 2.29. The molecule has 0 radical (unpaired) electrons. The maximum absolute atomic E-state index is 11.6. The summed E-state index contributed by atoms with van der Waals surface area (Å²) in [6.07, 6.45) is 0. The Bertz CT molecular complexity index is 2590. The molecule has 0 aliphatic carbocycles. The summed E-state index contributed by atoms with van der Waals surface area (Å²) in [5, 5.41) is 25.0. The largest absolute Gasteiger partial charge is 0.338 e. The van der Waals surface area contributed by atoms with E-state index in [4.69, 9.17) is 0 Å². The molecule has 0 amide bonds. The van der Waals surface area contributed by atoms with Crippen LogP contribution in [0.5, 0.6) is 0 Å². The summed E-state index contributed by atoms with van der Waals surface area (Å²) in [6, 6.07) is 17.1. The van der Waals surface area contributed by atoms with Crippen molar-refractivity contribution < 1.29 is 51.9 Å². The van der Waals surface area contributed by atoms with E-state index in [1.165, 1.54) is 24.3 Å². The van der Waals surface area contributed by atoms with E-state index in [0.717, 1.165) is 24.3 Å². The van der Waals surface area contributed by atoms with Crippen molar-refractivity contribution in [3.05, 3.63) is 84.9 Å². The monoisotopic (exact) mass is 875 g/mol. The lowest BCUT2D eigenvalue weighted by atomic mass is 10.3. The van der Waals surface area contributed by atoms with Crippen molar-refractivity contribution in [1.82, 2.24) is 20.3 Å². The Morgan fingerprint density at radius 3 is 1.14 bits per heavy atom. The summed E-state index contributed by atoms with van der Waals surface area (Å²) in [5.74, 6) is 0.675. The first-order valence-corrected chi connectivity index (χ1v) is 21.9. The van der Waals surface area contributed by atoms with Crippen molar-refractivity contribution in [3.8, 4) is 0 Å². The van der Waals surface area contributed by atoms with Crippen LogP contribution in [0.2, 0.25) is 0 Å². The molecule has 27 heteroatoms. The number of hydrogen-bond donors (Lipinski definition) is 7. The van der Waals surface area contributed by atoms with Gasteiger partial charge in [-0.2, -0.15) is 69.1 Å². The average molecular weight is 876 g/mol. The topological polar surface area (TPSA) is 345 Å². The van der Waals surface area contributed by atoms with E-state index in [1.54, 1.807) is 24.3 Å². The van der Waals surface area contributed by atoms with Crippen molar-refractivity contribution >= 4 is 92.4 Å². The molecule has 6 rings (SSSR count). The van der Waals surface area contributed by atoms with Gasteiger partial charge in [0.15, 0.2) is 0 Å². The third kappa shape index (κ3) is 11.1. The van der Waals surface area contributed by atoms with E-state index in [-0.39, 0.29) is 34.6 Å². The Labute approximate surface area is 330 Å². The number of anilines is 5. The lowest BCUT2D eigenvalue weighted by molar-refractivity contribution is 0.476. The first kappa shape index (κ1) is 41.7. The van der Waals surface area contributed by atoms with Crippen LogP contribution < -0.4 is 20.9 Å². The number of rotatable bonds is 13. The Morgan fingerprint density at radius 2 is 0.810 bits per heavy atom. The predicted molar refractivity (Wildman–Crippen MR) is 205 cm³/mol. The zero-order valence-corrected chi connectivity index (χ0v) is 32.4. The first-order chi connectivity index (χ1) is 27.2. The molecule has 5 aromatic rings. The van der Waals surface area contributed by atoms with E-state index in [9.17, 15) is 51.9 Å². The van der Waals surface area contributed by atoms with Crippen LogP contribution in [-0.2, 0) is 40.5 Å². The second kappa shape index (κ2) is 16.5. The number of nitrogens with zero attached hydrogens (tertiary/aromatic N) is 8. The van der Waals surface area contributed by atoms with Crippen LogP contribution in [0, 0.1) is 0 Å². The van der Waals surface area contributed by atoms with Crippen LogP contribution >= 0.6 is 0 Å². The van der Waals surface area contributed by atoms with Crippen molar-refractivity contribution in [2.75, 3.05) is 41.7 Å². The van der Waals surface area contributed by atoms with Crippen LogP contribution in [0.1, 0.15) is 0 Å². The van der Waals surface area contributed by atoms with Gasteiger partial charge in [-0.25, -0.2) is 0 Å². The number of nitrogens with one attached hydrogen (secondary N) is 3. The summed E-state index contributed by atoms with van der Waals surface area (Å²) in [6.45, 7) is 2.61. The summed E-state index contributed by atoms with van der Waals surface area (Å²) in [5.41, 5.74) is 0.961. The highest BCUT2D eigenvalue weighted by atomic mass is 32.2. The van der Waals surface area contributed by atoms with Gasteiger partial charge in [-0.15, -0.1) is 0 Å². The smallest absolute Gasteiger partial charge is 0.294 e. The van der Waals surface area contributed by atoms with Crippen LogP contribution in [0.15, 0.2) is 125 Å². The molecule has 1 aliphatic heterocycles. The second-order valence-corrected chi connectivity index (χ2v) is 17.7. The summed E-state index contributed by atoms with van der Waals surface area (Å²) < 4.78 is 130. The van der Waals surface area contributed by atoms with Gasteiger partial charge >= 0.3 is 0 Å². The van der Waals surface area contributed by atoms with E-state index in [1.807, 2.05) is 4.90 Å². The lowest BCUT2D eigenvalue weighted by Gasteiger charge is -2.27. The van der Waals surface area contributed by atoms with Gasteiger partial charge in [0.05, 0.1) is 42.3 Å². The predicted octanol–water partition coefficient (Wildman–Crippen LogP) is 4.59. The summed E-state index contributed by atoms with van der Waals surface area (Å²) in [4.78, 5) is 12.3. The van der Waals surface area contributed by atoms with Crippen molar-refractivity contribution in [1.29, 1.82) is 0 Å². The first-order valence-electron chi connectivity index (χ1n) is 16.2. The Kier molecular flexibility index (Phi) is 11.9. The van der Waals surface area contributed by atoms with Gasteiger partial charge in [-0.3, -0.25) is 18.2 Å². The maximum Gasteiger partial charge on any atom is 0.294 e. The van der Waals surface area contributed by atoms with Gasteiger partial charge in [0.2, 0.25) is 17.8 Å². The van der Waals surface area contributed by atoms with Crippen LogP contribution in [0.25, 0.3) is 0 Å². The molecule has 1 aliphatic rings. The Morgan fingerprint density at radius 1 is 0.483 bits per heavy atom. The van der Waals surface area contributed by atoms with Gasteiger partial charge in [0.25, 0.3) is 40.5 Å². The highest BCUT2D eigenvalue weighted by molar-refractivity contribution is 7.87. The standard InChI is InChI=1S/C31H29N11O12S4/c43-55(44,45)25-13-23(14-26(17-25)56(46,47)48)40-38-21-5-1-19(2-6-21)33-29-35-30(37-31(36-29)42-11-9-32-10-12-42)34-20-3-7-22(8-4-20)39-41-24-15-27(57(49,50)51)18-28(16-24)58(52,53)54/h1-8,13-18,32H,9-12H2,(H,43,44,45)(H,46,47,48)(H,49,50,51)(H,52,53,54)(H2,33,34,35,36,37). The van der Waals surface area contributed by atoms with Gasteiger partial charge < -0.3 is 20.9 Å². The second-order valence-electron chi connectivity index (χ2n) is 12.0. The van der Waals surface area contributed by atoms with Crippen molar-refractivity contribution in [2.24, 2.45) is 20.5 Å². The van der Waals surface area contributed by atoms with E-state index in [0.29, 0.717) is 55.6 Å². The van der Waals surface area contributed by atoms with E-state index in [2.05, 4.69) is 51.4 Å². The van der Waals surface area contributed by atoms with Crippen LogP contribution in [0.3, 0.4) is 0 Å². The van der Waals surface area contributed by atoms with E-state index >= 15 is 0 Å². The third-order valence-corrected chi connectivity index (χ3v) is 11.1. The molecule has 0 bridgehead atoms. The van der Waals surface area contributed by atoms with Gasteiger partial charge in [-0.05, 0) is 84.9 Å². The normalized spacial score (nSPS) is 14.2. The van der Waals surface area contributed by atoms with Gasteiger partial charge in [0.1, 0.15) is 0 Å². The maximum atomic E-state index is 11.6. The van der Waals surface area contributed by atoms with Crippen molar-refractivity contribution in [2.45, 2.75) is 19.6 Å². The highest BCUT2D eigenvalue weighted by Gasteiger charge is 2.20. The molecule has 7 N–H and O–H groups in total. The fourth-order valence-corrected chi connectivity index (χ4v) is 7.35. The van der Waals surface area contributed by atoms with Gasteiger partial charge in [0, 0.05) is 37.6 Å². The fraction of sp³-hybridized carbons (Fsp3) is 0.129. The molecule has 0 spiro atoms. The minimum Gasteiger partial charge on any atom is -0.338 e. The zero-order chi connectivity index (χ0) is 41.9. The Balaban J connectivity index is 1.20. The number of benzene rings is 4. The molecule has 0 unspecified atom stereocenters. The molecule has 23 nitrogen and oxygen atoms in total. The lowest BCUT2D eigenvalue weighted by Crippen LogP contribution is -2.44. The van der Waals surface area contributed by atoms with E-state index < -0.39 is 60.1 Å². The van der Waals surface area contributed by atoms with Crippen LogP contribution in [0.4, 0.5) is 52.0 Å². The molecular formula is C31H29N11O12S4.